The third-order valence-corrected chi connectivity index (χ3v) is 4.61. The zero-order chi connectivity index (χ0) is 15.9. The second-order valence-electron chi connectivity index (χ2n) is 5.39. The highest BCUT2D eigenvalue weighted by molar-refractivity contribution is 9.10. The summed E-state index contributed by atoms with van der Waals surface area (Å²) < 4.78 is 0.645. The molecule has 0 saturated carbocycles. The van der Waals surface area contributed by atoms with Crippen molar-refractivity contribution in [2.24, 2.45) is 0 Å². The summed E-state index contributed by atoms with van der Waals surface area (Å²) in [4.78, 5) is 24.7. The number of carbonyl (C=O) groups excluding carboxylic acids is 2. The van der Waals surface area contributed by atoms with Crippen LogP contribution in [0, 0.1) is 6.92 Å². The molecule has 0 aromatic heterocycles. The molecule has 5 heteroatoms. The molecule has 4 nitrogen and oxygen atoms in total. The van der Waals surface area contributed by atoms with E-state index >= 15 is 0 Å². The maximum Gasteiger partial charge on any atom is 0.261 e. The van der Waals surface area contributed by atoms with Gasteiger partial charge in [-0.2, -0.15) is 0 Å². The average Bonchev–Trinajstić information content (AvgIpc) is 2.73. The molecule has 1 heterocycles. The predicted octanol–water partition coefficient (Wildman–Crippen LogP) is 3.17. The van der Waals surface area contributed by atoms with Crippen LogP contribution < -0.4 is 5.32 Å². The van der Waals surface area contributed by atoms with Crippen molar-refractivity contribution in [3.63, 3.8) is 0 Å². The minimum atomic E-state index is -1.83. The van der Waals surface area contributed by atoms with Crippen molar-refractivity contribution in [2.45, 2.75) is 18.9 Å². The number of anilines is 1. The standard InChI is InChI=1S/C17H14BrNO3/c1-10-5-4-7-12-15(10)19-16(21)17(12,22)9-14(20)11-6-2-3-8-13(11)18/h2-8,22H,9H2,1H3,(H,19,21)/t17-/m1/s1. The van der Waals surface area contributed by atoms with E-state index in [4.69, 9.17) is 0 Å². The lowest BCUT2D eigenvalue weighted by Crippen LogP contribution is -2.36. The third-order valence-electron chi connectivity index (χ3n) is 3.92. The van der Waals surface area contributed by atoms with Crippen LogP contribution in [0.3, 0.4) is 0 Å². The zero-order valence-electron chi connectivity index (χ0n) is 11.9. The number of rotatable bonds is 3. The van der Waals surface area contributed by atoms with Gasteiger partial charge in [-0.3, -0.25) is 9.59 Å². The molecule has 1 amide bonds. The molecule has 2 aromatic carbocycles. The van der Waals surface area contributed by atoms with E-state index in [0.717, 1.165) is 5.56 Å². The molecule has 1 aliphatic rings. The Hall–Kier alpha value is -1.98. The van der Waals surface area contributed by atoms with Crippen molar-refractivity contribution in [3.8, 4) is 0 Å². The molecule has 112 valence electrons. The van der Waals surface area contributed by atoms with E-state index < -0.39 is 11.5 Å². The summed E-state index contributed by atoms with van der Waals surface area (Å²) in [5, 5.41) is 13.5. The molecule has 1 atom stereocenters. The summed E-state index contributed by atoms with van der Waals surface area (Å²) in [5.74, 6) is -0.850. The Labute approximate surface area is 136 Å². The monoisotopic (exact) mass is 359 g/mol. The van der Waals surface area contributed by atoms with E-state index in [2.05, 4.69) is 21.2 Å². The van der Waals surface area contributed by atoms with Gasteiger partial charge in [0.15, 0.2) is 11.4 Å². The quantitative estimate of drug-likeness (QED) is 0.827. The molecule has 0 saturated heterocycles. The van der Waals surface area contributed by atoms with E-state index in [1.54, 1.807) is 36.4 Å². The van der Waals surface area contributed by atoms with Crippen molar-refractivity contribution in [1.29, 1.82) is 0 Å². The molecule has 0 spiro atoms. The lowest BCUT2D eigenvalue weighted by Gasteiger charge is -2.20. The van der Waals surface area contributed by atoms with Gasteiger partial charge in [0.2, 0.25) is 0 Å². The summed E-state index contributed by atoms with van der Waals surface area (Å²) in [6.45, 7) is 1.85. The second kappa shape index (κ2) is 5.34. The van der Waals surface area contributed by atoms with Gasteiger partial charge in [0.1, 0.15) is 0 Å². The van der Waals surface area contributed by atoms with Crippen LogP contribution in [0.15, 0.2) is 46.9 Å². The van der Waals surface area contributed by atoms with Gasteiger partial charge in [0.25, 0.3) is 5.91 Å². The number of carbonyl (C=O) groups is 2. The van der Waals surface area contributed by atoms with Gasteiger partial charge >= 0.3 is 0 Å². The number of aliphatic hydroxyl groups is 1. The largest absolute Gasteiger partial charge is 0.375 e. The molecular formula is C17H14BrNO3. The Balaban J connectivity index is 1.99. The summed E-state index contributed by atoms with van der Waals surface area (Å²) in [5.41, 5.74) is 0.529. The fourth-order valence-electron chi connectivity index (χ4n) is 2.71. The highest BCUT2D eigenvalue weighted by Gasteiger charge is 2.47. The van der Waals surface area contributed by atoms with Gasteiger partial charge in [-0.1, -0.05) is 52.3 Å². The van der Waals surface area contributed by atoms with Gasteiger partial charge in [0, 0.05) is 15.6 Å². The molecule has 22 heavy (non-hydrogen) atoms. The van der Waals surface area contributed by atoms with Gasteiger partial charge in [-0.25, -0.2) is 0 Å². The second-order valence-corrected chi connectivity index (χ2v) is 6.25. The number of aryl methyl sites for hydroxylation is 1. The van der Waals surface area contributed by atoms with Crippen molar-refractivity contribution in [3.05, 3.63) is 63.6 Å². The fourth-order valence-corrected chi connectivity index (χ4v) is 3.21. The van der Waals surface area contributed by atoms with E-state index in [1.807, 2.05) is 13.0 Å². The lowest BCUT2D eigenvalue weighted by atomic mass is 9.87. The number of ketones is 1. The molecular weight excluding hydrogens is 346 g/mol. The molecule has 0 radical (unpaired) electrons. The number of halogens is 1. The lowest BCUT2D eigenvalue weighted by molar-refractivity contribution is -0.133. The molecule has 0 bridgehead atoms. The van der Waals surface area contributed by atoms with E-state index in [0.29, 0.717) is 21.3 Å². The van der Waals surface area contributed by atoms with Gasteiger partial charge in [-0.05, 0) is 18.6 Å². The van der Waals surface area contributed by atoms with Gasteiger partial charge < -0.3 is 10.4 Å². The van der Waals surface area contributed by atoms with Crippen molar-refractivity contribution in [2.75, 3.05) is 5.32 Å². The Morgan fingerprint density at radius 2 is 1.95 bits per heavy atom. The molecule has 3 rings (SSSR count). The first-order chi connectivity index (χ1) is 10.4. The Bertz CT molecular complexity index is 787. The number of hydrogen-bond donors (Lipinski definition) is 2. The number of fused-ring (bicyclic) bond motifs is 1. The zero-order valence-corrected chi connectivity index (χ0v) is 13.5. The summed E-state index contributed by atoms with van der Waals surface area (Å²) >= 11 is 3.32. The minimum Gasteiger partial charge on any atom is -0.375 e. The maximum atomic E-state index is 12.5. The smallest absolute Gasteiger partial charge is 0.261 e. The van der Waals surface area contributed by atoms with Crippen LogP contribution in [0.25, 0.3) is 0 Å². The van der Waals surface area contributed by atoms with Crippen LogP contribution in [0.1, 0.15) is 27.9 Å². The van der Waals surface area contributed by atoms with Gasteiger partial charge in [-0.15, -0.1) is 0 Å². The minimum absolute atomic E-state index is 0.292. The Morgan fingerprint density at radius 3 is 2.68 bits per heavy atom. The summed E-state index contributed by atoms with van der Waals surface area (Å²) in [6, 6.07) is 12.3. The number of benzene rings is 2. The Kier molecular flexibility index (Phi) is 3.62. The molecule has 0 aliphatic carbocycles. The molecule has 1 aliphatic heterocycles. The molecule has 0 fully saturated rings. The molecule has 0 unspecified atom stereocenters. The first-order valence-electron chi connectivity index (χ1n) is 6.85. The predicted molar refractivity (Wildman–Crippen MR) is 86.8 cm³/mol. The third kappa shape index (κ3) is 2.26. The normalized spacial score (nSPS) is 19.7. The van der Waals surface area contributed by atoms with E-state index in [9.17, 15) is 14.7 Å². The summed E-state index contributed by atoms with van der Waals surface area (Å²) in [6.07, 6.45) is -0.294. The Morgan fingerprint density at radius 1 is 1.23 bits per heavy atom. The van der Waals surface area contributed by atoms with Crippen LogP contribution in [0.2, 0.25) is 0 Å². The topological polar surface area (TPSA) is 66.4 Å². The molecule has 2 aromatic rings. The SMILES string of the molecule is Cc1cccc2c1NC(=O)[C@@]2(O)CC(=O)c1ccccc1Br. The number of amides is 1. The first kappa shape index (κ1) is 14.9. The number of Topliss-reactive ketones (excluding diaryl/α,β-unsaturated/α-hetero) is 1. The summed E-state index contributed by atoms with van der Waals surface area (Å²) in [7, 11) is 0. The van der Waals surface area contributed by atoms with Crippen LogP contribution >= 0.6 is 15.9 Å². The number of para-hydroxylation sites is 1. The van der Waals surface area contributed by atoms with Crippen LogP contribution in [-0.4, -0.2) is 16.8 Å². The van der Waals surface area contributed by atoms with Gasteiger partial charge in [0.05, 0.1) is 12.1 Å². The van der Waals surface area contributed by atoms with Crippen molar-refractivity contribution < 1.29 is 14.7 Å². The first-order valence-corrected chi connectivity index (χ1v) is 7.64. The van der Waals surface area contributed by atoms with Crippen molar-refractivity contribution >= 4 is 33.3 Å². The van der Waals surface area contributed by atoms with Crippen LogP contribution in [0.5, 0.6) is 0 Å². The highest BCUT2D eigenvalue weighted by Crippen LogP contribution is 2.40. The molecule has 2 N–H and O–H groups in total. The number of hydrogen-bond acceptors (Lipinski definition) is 3. The van der Waals surface area contributed by atoms with Crippen LogP contribution in [0.4, 0.5) is 5.69 Å². The highest BCUT2D eigenvalue weighted by atomic mass is 79.9. The average molecular weight is 360 g/mol. The van der Waals surface area contributed by atoms with E-state index in [1.165, 1.54) is 0 Å². The van der Waals surface area contributed by atoms with Crippen molar-refractivity contribution in [1.82, 2.24) is 0 Å². The maximum absolute atomic E-state index is 12.5. The van der Waals surface area contributed by atoms with E-state index in [-0.39, 0.29) is 12.2 Å². The fraction of sp³-hybridized carbons (Fsp3) is 0.176. The number of nitrogens with one attached hydrogen (secondary N) is 1. The van der Waals surface area contributed by atoms with Crippen LogP contribution in [-0.2, 0) is 10.4 Å².